The number of hydrogen-bond donors (Lipinski definition) is 1. The van der Waals surface area contributed by atoms with Crippen molar-refractivity contribution in [3.05, 3.63) is 29.8 Å². The molecule has 0 spiro atoms. The molecule has 30 heavy (non-hydrogen) atoms. The van der Waals surface area contributed by atoms with Gasteiger partial charge in [0, 0.05) is 36.3 Å². The minimum Gasteiger partial charge on any atom is -0.384 e. The van der Waals surface area contributed by atoms with Gasteiger partial charge >= 0.3 is 0 Å². The van der Waals surface area contributed by atoms with E-state index in [-0.39, 0.29) is 40.3 Å². The molecule has 0 saturated carbocycles. The predicted molar refractivity (Wildman–Crippen MR) is 121 cm³/mol. The molecule has 1 amide bonds. The van der Waals surface area contributed by atoms with Crippen molar-refractivity contribution in [2.24, 2.45) is 0 Å². The molecular formula is C23H38N2O4S. The van der Waals surface area contributed by atoms with E-state index >= 15 is 0 Å². The number of sulfone groups is 1. The number of piperidine rings is 1. The number of ether oxygens (including phenoxy) is 1. The zero-order valence-corrected chi connectivity index (χ0v) is 20.1. The standard InChI is InChI=1S/C23H38N2O4S/c1-7-8-13-25(19-16-22(2,3)24-23(4,5)17-19)21(26)18-9-11-20(12-10-18)30(27,28)15-14-29-6/h9-12,19,24H,7-8,13-17H2,1-6H3. The van der Waals surface area contributed by atoms with Crippen molar-refractivity contribution in [1.29, 1.82) is 0 Å². The minimum absolute atomic E-state index is 0.0252. The van der Waals surface area contributed by atoms with Crippen molar-refractivity contribution in [3.8, 4) is 0 Å². The Balaban J connectivity index is 2.27. The summed E-state index contributed by atoms with van der Waals surface area (Å²) < 4.78 is 29.6. The summed E-state index contributed by atoms with van der Waals surface area (Å²) in [5.74, 6) is -0.0960. The Morgan fingerprint density at radius 2 is 1.70 bits per heavy atom. The van der Waals surface area contributed by atoms with E-state index in [2.05, 4.69) is 39.9 Å². The highest BCUT2D eigenvalue weighted by Crippen LogP contribution is 2.32. The molecule has 1 aliphatic rings. The molecule has 0 bridgehead atoms. The summed E-state index contributed by atoms with van der Waals surface area (Å²) in [6.07, 6.45) is 3.73. The van der Waals surface area contributed by atoms with Crippen molar-refractivity contribution in [3.63, 3.8) is 0 Å². The zero-order valence-electron chi connectivity index (χ0n) is 19.3. The van der Waals surface area contributed by atoms with Crippen LogP contribution >= 0.6 is 0 Å². The van der Waals surface area contributed by atoms with Crippen LogP contribution in [0.2, 0.25) is 0 Å². The molecule has 0 aromatic heterocycles. The fraction of sp³-hybridized carbons (Fsp3) is 0.696. The van der Waals surface area contributed by atoms with Gasteiger partial charge in [0.15, 0.2) is 9.84 Å². The lowest BCUT2D eigenvalue weighted by atomic mass is 9.78. The van der Waals surface area contributed by atoms with Crippen LogP contribution in [-0.4, -0.2) is 62.4 Å². The van der Waals surface area contributed by atoms with Crippen LogP contribution in [0.15, 0.2) is 29.2 Å². The molecule has 1 aromatic carbocycles. The number of hydrogen-bond acceptors (Lipinski definition) is 5. The number of rotatable bonds is 9. The Morgan fingerprint density at radius 3 is 2.20 bits per heavy atom. The molecule has 1 N–H and O–H groups in total. The van der Waals surface area contributed by atoms with Crippen molar-refractivity contribution in [1.82, 2.24) is 10.2 Å². The number of benzene rings is 1. The van der Waals surface area contributed by atoms with Crippen molar-refractivity contribution < 1.29 is 17.9 Å². The molecule has 1 aromatic rings. The average Bonchev–Trinajstić information content (AvgIpc) is 2.64. The second kappa shape index (κ2) is 9.79. The molecule has 0 aliphatic carbocycles. The van der Waals surface area contributed by atoms with Crippen LogP contribution in [0, 0.1) is 0 Å². The van der Waals surface area contributed by atoms with Crippen molar-refractivity contribution in [2.45, 2.75) is 82.3 Å². The Labute approximate surface area is 182 Å². The smallest absolute Gasteiger partial charge is 0.254 e. The quantitative estimate of drug-likeness (QED) is 0.637. The van der Waals surface area contributed by atoms with Gasteiger partial charge in [0.05, 0.1) is 17.3 Å². The summed E-state index contributed by atoms with van der Waals surface area (Å²) in [5.41, 5.74) is 0.415. The van der Waals surface area contributed by atoms with E-state index in [1.54, 1.807) is 12.1 Å². The first-order valence-electron chi connectivity index (χ1n) is 10.8. The summed E-state index contributed by atoms with van der Waals surface area (Å²) >= 11 is 0. The van der Waals surface area contributed by atoms with Crippen LogP contribution in [-0.2, 0) is 14.6 Å². The van der Waals surface area contributed by atoms with E-state index in [1.807, 2.05) is 4.90 Å². The number of amides is 1. The van der Waals surface area contributed by atoms with Gasteiger partial charge < -0.3 is 15.0 Å². The topological polar surface area (TPSA) is 75.7 Å². The van der Waals surface area contributed by atoms with Gasteiger partial charge in [-0.1, -0.05) is 13.3 Å². The molecule has 1 aliphatic heterocycles. The maximum Gasteiger partial charge on any atom is 0.254 e. The minimum atomic E-state index is -3.41. The molecule has 2 rings (SSSR count). The molecule has 1 saturated heterocycles. The average molecular weight is 439 g/mol. The summed E-state index contributed by atoms with van der Waals surface area (Å²) in [6, 6.07) is 6.48. The first-order valence-corrected chi connectivity index (χ1v) is 12.5. The second-order valence-corrected chi connectivity index (χ2v) is 11.8. The van der Waals surface area contributed by atoms with Crippen molar-refractivity contribution in [2.75, 3.05) is 26.0 Å². The normalized spacial score (nSPS) is 18.9. The third-order valence-electron chi connectivity index (χ3n) is 5.64. The number of nitrogens with zero attached hydrogens (tertiary/aromatic N) is 1. The second-order valence-electron chi connectivity index (χ2n) is 9.64. The lowest BCUT2D eigenvalue weighted by Gasteiger charge is -2.49. The van der Waals surface area contributed by atoms with Gasteiger partial charge in [-0.3, -0.25) is 4.79 Å². The Bertz CT molecular complexity index is 800. The summed E-state index contributed by atoms with van der Waals surface area (Å²) in [7, 11) is -1.93. The molecule has 0 radical (unpaired) electrons. The predicted octanol–water partition coefficient (Wildman–Crippen LogP) is 3.66. The maximum atomic E-state index is 13.4. The zero-order chi connectivity index (χ0) is 22.6. The molecule has 6 nitrogen and oxygen atoms in total. The number of carbonyl (C=O) groups is 1. The maximum absolute atomic E-state index is 13.4. The van der Waals surface area contributed by atoms with E-state index in [0.717, 1.165) is 25.7 Å². The highest BCUT2D eigenvalue weighted by atomic mass is 32.2. The van der Waals surface area contributed by atoms with Gasteiger partial charge in [-0.2, -0.15) is 0 Å². The van der Waals surface area contributed by atoms with Gasteiger partial charge in [-0.05, 0) is 71.2 Å². The van der Waals surface area contributed by atoms with E-state index in [4.69, 9.17) is 4.74 Å². The van der Waals surface area contributed by atoms with Gasteiger partial charge in [-0.25, -0.2) is 8.42 Å². The van der Waals surface area contributed by atoms with E-state index in [1.165, 1.54) is 19.2 Å². The molecule has 170 valence electrons. The van der Waals surface area contributed by atoms with E-state index in [0.29, 0.717) is 12.1 Å². The Morgan fingerprint density at radius 1 is 1.13 bits per heavy atom. The monoisotopic (exact) mass is 438 g/mol. The van der Waals surface area contributed by atoms with Crippen LogP contribution in [0.1, 0.15) is 70.7 Å². The van der Waals surface area contributed by atoms with Crippen LogP contribution in [0.25, 0.3) is 0 Å². The SMILES string of the molecule is CCCCN(C(=O)c1ccc(S(=O)(=O)CCOC)cc1)C1CC(C)(C)NC(C)(C)C1. The number of methoxy groups -OCH3 is 1. The first kappa shape index (κ1) is 24.8. The molecule has 7 heteroatoms. The fourth-order valence-electron chi connectivity index (χ4n) is 4.55. The number of unbranched alkanes of at least 4 members (excludes halogenated alkanes) is 1. The van der Waals surface area contributed by atoms with Crippen LogP contribution in [0.5, 0.6) is 0 Å². The van der Waals surface area contributed by atoms with Crippen LogP contribution in [0.4, 0.5) is 0 Å². The molecular weight excluding hydrogens is 400 g/mol. The third kappa shape index (κ3) is 6.53. The van der Waals surface area contributed by atoms with Crippen molar-refractivity contribution >= 4 is 15.7 Å². The summed E-state index contributed by atoms with van der Waals surface area (Å²) in [4.78, 5) is 15.7. The lowest BCUT2D eigenvalue weighted by Crippen LogP contribution is -2.62. The van der Waals surface area contributed by atoms with Crippen LogP contribution in [0.3, 0.4) is 0 Å². The number of carbonyl (C=O) groups excluding carboxylic acids is 1. The lowest BCUT2D eigenvalue weighted by molar-refractivity contribution is 0.0441. The van der Waals surface area contributed by atoms with Gasteiger partial charge in [0.2, 0.25) is 0 Å². The van der Waals surface area contributed by atoms with Gasteiger partial charge in [0.1, 0.15) is 0 Å². The van der Waals surface area contributed by atoms with Crippen LogP contribution < -0.4 is 5.32 Å². The highest BCUT2D eigenvalue weighted by molar-refractivity contribution is 7.91. The Hall–Kier alpha value is -1.44. The third-order valence-corrected chi connectivity index (χ3v) is 7.33. The highest BCUT2D eigenvalue weighted by Gasteiger charge is 2.41. The Kier molecular flexibility index (Phi) is 8.10. The molecule has 1 fully saturated rings. The largest absolute Gasteiger partial charge is 0.384 e. The first-order chi connectivity index (χ1) is 13.9. The summed E-state index contributed by atoms with van der Waals surface area (Å²) in [6.45, 7) is 11.7. The van der Waals surface area contributed by atoms with Gasteiger partial charge in [-0.15, -0.1) is 0 Å². The van der Waals surface area contributed by atoms with Gasteiger partial charge in [0.25, 0.3) is 5.91 Å². The van der Waals surface area contributed by atoms with E-state index in [9.17, 15) is 13.2 Å². The summed E-state index contributed by atoms with van der Waals surface area (Å²) in [5, 5.41) is 3.68. The molecule has 1 heterocycles. The molecule has 0 atom stereocenters. The fourth-order valence-corrected chi connectivity index (χ4v) is 5.72. The molecule has 0 unspecified atom stereocenters. The van der Waals surface area contributed by atoms with E-state index < -0.39 is 9.84 Å². The number of nitrogens with one attached hydrogen (secondary N) is 1.